The molecule has 5 nitrogen and oxygen atoms in total. The molecule has 0 fully saturated rings. The molecule has 0 aromatic carbocycles. The first-order valence-electron chi connectivity index (χ1n) is 3.11. The summed E-state index contributed by atoms with van der Waals surface area (Å²) < 4.78 is 24.2. The zero-order chi connectivity index (χ0) is 9.19. The first-order valence-corrected chi connectivity index (χ1v) is 5.89. The van der Waals surface area contributed by atoms with Crippen molar-refractivity contribution in [3.05, 3.63) is 11.8 Å². The molecule has 0 saturated carbocycles. The number of halogens is 1. The molecule has 68 valence electrons. The van der Waals surface area contributed by atoms with E-state index < -0.39 is 10.0 Å². The number of aryl methyl sites for hydroxylation is 1. The SMILES string of the molecule is Cc1cn[nH]c1NS(=O)(=O)CBr. The summed E-state index contributed by atoms with van der Waals surface area (Å²) in [7, 11) is -3.27. The third-order valence-electron chi connectivity index (χ3n) is 1.23. The van der Waals surface area contributed by atoms with Crippen molar-refractivity contribution >= 4 is 31.8 Å². The number of rotatable bonds is 3. The summed E-state index contributed by atoms with van der Waals surface area (Å²) in [4.78, 5) is 0. The third-order valence-corrected chi connectivity index (χ3v) is 3.84. The minimum Gasteiger partial charge on any atom is -0.267 e. The maximum Gasteiger partial charge on any atom is 0.243 e. The van der Waals surface area contributed by atoms with Crippen LogP contribution in [-0.2, 0) is 10.0 Å². The predicted octanol–water partition coefficient (Wildman–Crippen LogP) is 0.812. The molecule has 1 heterocycles. The fourth-order valence-corrected chi connectivity index (χ4v) is 1.55. The van der Waals surface area contributed by atoms with Crippen molar-refractivity contribution in [1.82, 2.24) is 10.2 Å². The van der Waals surface area contributed by atoms with Gasteiger partial charge < -0.3 is 0 Å². The third kappa shape index (κ3) is 2.21. The van der Waals surface area contributed by atoms with Crippen LogP contribution in [0.4, 0.5) is 5.82 Å². The van der Waals surface area contributed by atoms with Gasteiger partial charge in [-0.25, -0.2) is 8.42 Å². The number of nitrogens with zero attached hydrogens (tertiary/aromatic N) is 1. The minimum absolute atomic E-state index is 0.127. The minimum atomic E-state index is -3.27. The maximum atomic E-state index is 11.0. The molecule has 1 rings (SSSR count). The van der Waals surface area contributed by atoms with E-state index in [1.807, 2.05) is 0 Å². The standard InChI is InChI=1S/C5H8BrN3O2S/c1-4-2-7-8-5(4)9-12(10,11)3-6/h2H,3H2,1H3,(H2,7,8,9). The highest BCUT2D eigenvalue weighted by Gasteiger charge is 2.09. The highest BCUT2D eigenvalue weighted by Crippen LogP contribution is 2.11. The van der Waals surface area contributed by atoms with Gasteiger partial charge in [0.25, 0.3) is 0 Å². The van der Waals surface area contributed by atoms with Crippen LogP contribution in [0.3, 0.4) is 0 Å². The molecule has 0 radical (unpaired) electrons. The fourth-order valence-electron chi connectivity index (χ4n) is 0.632. The smallest absolute Gasteiger partial charge is 0.243 e. The van der Waals surface area contributed by atoms with Gasteiger partial charge in [-0.1, -0.05) is 15.9 Å². The number of anilines is 1. The van der Waals surface area contributed by atoms with Crippen molar-refractivity contribution in [3.63, 3.8) is 0 Å². The lowest BCUT2D eigenvalue weighted by molar-refractivity contribution is 0.605. The first-order chi connectivity index (χ1) is 5.55. The lowest BCUT2D eigenvalue weighted by Gasteiger charge is -2.02. The maximum absolute atomic E-state index is 11.0. The Hall–Kier alpha value is -0.560. The number of aromatic nitrogens is 2. The molecule has 7 heteroatoms. The molecule has 12 heavy (non-hydrogen) atoms. The van der Waals surface area contributed by atoms with Crippen LogP contribution in [0.1, 0.15) is 5.56 Å². The van der Waals surface area contributed by atoms with Crippen LogP contribution in [-0.4, -0.2) is 23.3 Å². The van der Waals surface area contributed by atoms with Crippen molar-refractivity contribution in [1.29, 1.82) is 0 Å². The second kappa shape index (κ2) is 3.44. The van der Waals surface area contributed by atoms with Crippen molar-refractivity contribution in [2.45, 2.75) is 6.92 Å². The average molecular weight is 254 g/mol. The lowest BCUT2D eigenvalue weighted by atomic mass is 10.4. The van der Waals surface area contributed by atoms with Gasteiger partial charge in [0.15, 0.2) is 0 Å². The Morgan fingerprint density at radius 3 is 2.83 bits per heavy atom. The van der Waals surface area contributed by atoms with E-state index in [0.29, 0.717) is 5.82 Å². The summed E-state index contributed by atoms with van der Waals surface area (Å²) in [5.74, 6) is 0.412. The monoisotopic (exact) mass is 253 g/mol. The molecule has 0 spiro atoms. The summed E-state index contributed by atoms with van der Waals surface area (Å²) >= 11 is 2.86. The van der Waals surface area contributed by atoms with Gasteiger partial charge in [-0.05, 0) is 6.92 Å². The molecule has 1 aromatic rings. The van der Waals surface area contributed by atoms with E-state index in [1.165, 1.54) is 0 Å². The van der Waals surface area contributed by atoms with Gasteiger partial charge in [0.05, 0.1) is 6.20 Å². The largest absolute Gasteiger partial charge is 0.267 e. The molecule has 2 N–H and O–H groups in total. The topological polar surface area (TPSA) is 74.8 Å². The zero-order valence-corrected chi connectivity index (χ0v) is 8.74. The molecular weight excluding hydrogens is 246 g/mol. The van der Waals surface area contributed by atoms with Gasteiger partial charge in [-0.15, -0.1) is 0 Å². The van der Waals surface area contributed by atoms with E-state index >= 15 is 0 Å². The number of hydrogen-bond donors (Lipinski definition) is 2. The Labute approximate surface area is 78.7 Å². The van der Waals surface area contributed by atoms with Crippen molar-refractivity contribution in [2.24, 2.45) is 0 Å². The summed E-state index contributed by atoms with van der Waals surface area (Å²) in [6.07, 6.45) is 1.55. The molecule has 1 aromatic heterocycles. The fraction of sp³-hybridized carbons (Fsp3) is 0.400. The molecule has 0 aliphatic heterocycles. The number of aromatic amines is 1. The molecule has 0 saturated heterocycles. The lowest BCUT2D eigenvalue weighted by Crippen LogP contribution is -2.14. The van der Waals surface area contributed by atoms with Gasteiger partial charge in [-0.3, -0.25) is 9.82 Å². The number of nitrogens with one attached hydrogen (secondary N) is 2. The Morgan fingerprint density at radius 2 is 2.42 bits per heavy atom. The van der Waals surface area contributed by atoms with Crippen LogP contribution in [0.5, 0.6) is 0 Å². The molecule has 0 aliphatic carbocycles. The average Bonchev–Trinajstić information content (AvgIpc) is 2.36. The predicted molar refractivity (Wildman–Crippen MR) is 49.7 cm³/mol. The summed E-state index contributed by atoms with van der Waals surface area (Å²) in [6, 6.07) is 0. The van der Waals surface area contributed by atoms with E-state index in [0.717, 1.165) is 5.56 Å². The molecule has 0 aliphatic rings. The van der Waals surface area contributed by atoms with Crippen LogP contribution < -0.4 is 4.72 Å². The molecule has 0 atom stereocenters. The Kier molecular flexibility index (Phi) is 2.73. The summed E-state index contributed by atoms with van der Waals surface area (Å²) in [6.45, 7) is 1.76. The normalized spacial score (nSPS) is 11.5. The van der Waals surface area contributed by atoms with Gasteiger partial charge >= 0.3 is 0 Å². The molecule has 0 unspecified atom stereocenters. The Balaban J connectivity index is 2.84. The highest BCUT2D eigenvalue weighted by atomic mass is 79.9. The Bertz CT molecular complexity index is 359. The van der Waals surface area contributed by atoms with Gasteiger partial charge in [0.1, 0.15) is 10.5 Å². The number of hydrogen-bond acceptors (Lipinski definition) is 3. The van der Waals surface area contributed by atoms with E-state index in [4.69, 9.17) is 0 Å². The zero-order valence-electron chi connectivity index (χ0n) is 6.33. The number of alkyl halides is 1. The second-order valence-corrected chi connectivity index (χ2v) is 5.28. The van der Waals surface area contributed by atoms with Gasteiger partial charge in [-0.2, -0.15) is 5.10 Å². The quantitative estimate of drug-likeness (QED) is 0.784. The van der Waals surface area contributed by atoms with Crippen LogP contribution in [0, 0.1) is 6.92 Å². The van der Waals surface area contributed by atoms with Crippen LogP contribution in [0.15, 0.2) is 6.20 Å². The van der Waals surface area contributed by atoms with Crippen LogP contribution in [0.2, 0.25) is 0 Å². The van der Waals surface area contributed by atoms with Gasteiger partial charge in [0.2, 0.25) is 10.0 Å². The van der Waals surface area contributed by atoms with E-state index in [2.05, 4.69) is 30.8 Å². The van der Waals surface area contributed by atoms with Gasteiger partial charge in [0, 0.05) is 5.56 Å². The summed E-state index contributed by atoms with van der Waals surface area (Å²) in [5.41, 5.74) is 0.763. The van der Waals surface area contributed by atoms with Crippen molar-refractivity contribution in [2.75, 3.05) is 9.38 Å². The van der Waals surface area contributed by atoms with Crippen LogP contribution >= 0.6 is 15.9 Å². The molecular formula is C5H8BrN3O2S. The van der Waals surface area contributed by atoms with Crippen LogP contribution in [0.25, 0.3) is 0 Å². The van der Waals surface area contributed by atoms with E-state index in [-0.39, 0.29) is 4.66 Å². The summed E-state index contributed by atoms with van der Waals surface area (Å²) in [5, 5.41) is 6.21. The number of H-pyrrole nitrogens is 1. The highest BCUT2D eigenvalue weighted by molar-refractivity contribution is 9.10. The van der Waals surface area contributed by atoms with Crippen molar-refractivity contribution in [3.8, 4) is 0 Å². The van der Waals surface area contributed by atoms with E-state index in [9.17, 15) is 8.42 Å². The second-order valence-electron chi connectivity index (χ2n) is 2.25. The number of sulfonamides is 1. The van der Waals surface area contributed by atoms with Crippen molar-refractivity contribution < 1.29 is 8.42 Å². The molecule has 0 amide bonds. The Morgan fingerprint density at radius 1 is 1.75 bits per heavy atom. The van der Waals surface area contributed by atoms with E-state index in [1.54, 1.807) is 13.1 Å². The first kappa shape index (κ1) is 9.53. The molecule has 0 bridgehead atoms.